The molecule has 0 saturated heterocycles. The standard InChI is InChI=1S/C24H17F3N4O3/c1-11-21(12(2)34-31-11)13-5-18(22-19(6-13)29-23(32)30-22)24(33,20-4-3-15(25)10-28-20)14-7-16(26)9-17(27)8-14/h3-10,33H,1-2H3,(H2,29,30,32). The third-order valence-electron chi connectivity index (χ3n) is 5.72. The lowest BCUT2D eigenvalue weighted by molar-refractivity contribution is 0.121. The summed E-state index contributed by atoms with van der Waals surface area (Å²) in [6.45, 7) is 3.43. The zero-order chi connectivity index (χ0) is 24.2. The second kappa shape index (κ2) is 7.70. The van der Waals surface area contributed by atoms with Gasteiger partial charge in [-0.05, 0) is 55.8 Å². The summed E-state index contributed by atoms with van der Waals surface area (Å²) < 4.78 is 47.5. The van der Waals surface area contributed by atoms with Crippen molar-refractivity contribution in [1.82, 2.24) is 20.1 Å². The molecule has 3 heterocycles. The Morgan fingerprint density at radius 2 is 1.71 bits per heavy atom. The van der Waals surface area contributed by atoms with Gasteiger partial charge in [0.05, 0.1) is 28.6 Å². The number of hydrogen-bond donors (Lipinski definition) is 3. The van der Waals surface area contributed by atoms with Gasteiger partial charge in [0, 0.05) is 22.8 Å². The van der Waals surface area contributed by atoms with E-state index in [0.717, 1.165) is 24.4 Å². The smallest absolute Gasteiger partial charge is 0.323 e. The maximum atomic E-state index is 14.3. The van der Waals surface area contributed by atoms with Crippen LogP contribution in [-0.2, 0) is 5.60 Å². The van der Waals surface area contributed by atoms with Crippen molar-refractivity contribution >= 4 is 11.0 Å². The Labute approximate surface area is 189 Å². The molecule has 7 nitrogen and oxygen atoms in total. The minimum Gasteiger partial charge on any atom is -0.374 e. The fourth-order valence-electron chi connectivity index (χ4n) is 4.26. The summed E-state index contributed by atoms with van der Waals surface area (Å²) in [5.41, 5.74) is -0.920. The first-order chi connectivity index (χ1) is 16.2. The highest BCUT2D eigenvalue weighted by atomic mass is 19.1. The van der Waals surface area contributed by atoms with E-state index >= 15 is 0 Å². The van der Waals surface area contributed by atoms with Gasteiger partial charge in [0.1, 0.15) is 23.2 Å². The zero-order valence-corrected chi connectivity index (χ0v) is 17.9. The molecule has 5 aromatic rings. The number of aromatic amines is 2. The molecule has 3 N–H and O–H groups in total. The monoisotopic (exact) mass is 466 g/mol. The Bertz CT molecular complexity index is 1560. The first-order valence-corrected chi connectivity index (χ1v) is 10.2. The molecular weight excluding hydrogens is 449 g/mol. The molecule has 34 heavy (non-hydrogen) atoms. The van der Waals surface area contributed by atoms with E-state index in [9.17, 15) is 23.1 Å². The van der Waals surface area contributed by atoms with Gasteiger partial charge in [0.15, 0.2) is 5.60 Å². The van der Waals surface area contributed by atoms with E-state index in [1.54, 1.807) is 26.0 Å². The minimum atomic E-state index is -2.28. The number of benzene rings is 2. The first-order valence-electron chi connectivity index (χ1n) is 10.2. The summed E-state index contributed by atoms with van der Waals surface area (Å²) in [6, 6.07) is 8.05. The molecule has 0 aliphatic carbocycles. The zero-order valence-electron chi connectivity index (χ0n) is 17.9. The molecule has 0 radical (unpaired) electrons. The summed E-state index contributed by atoms with van der Waals surface area (Å²) in [5, 5.41) is 16.1. The van der Waals surface area contributed by atoms with Crippen molar-refractivity contribution in [2.75, 3.05) is 0 Å². The number of aromatic nitrogens is 4. The van der Waals surface area contributed by atoms with Crippen LogP contribution in [0, 0.1) is 31.3 Å². The van der Waals surface area contributed by atoms with E-state index in [4.69, 9.17) is 4.52 Å². The molecule has 172 valence electrons. The molecule has 3 aromatic heterocycles. The lowest BCUT2D eigenvalue weighted by Gasteiger charge is -2.30. The number of rotatable bonds is 4. The molecule has 0 fully saturated rings. The quantitative estimate of drug-likeness (QED) is 0.368. The number of nitrogens with one attached hydrogen (secondary N) is 2. The first kappa shape index (κ1) is 21.7. The highest BCUT2D eigenvalue weighted by Gasteiger charge is 2.39. The molecule has 10 heteroatoms. The van der Waals surface area contributed by atoms with Crippen LogP contribution in [0.3, 0.4) is 0 Å². The normalized spacial score (nSPS) is 13.4. The van der Waals surface area contributed by atoms with E-state index in [1.165, 1.54) is 6.07 Å². The van der Waals surface area contributed by atoms with Gasteiger partial charge in [-0.15, -0.1) is 0 Å². The predicted molar refractivity (Wildman–Crippen MR) is 117 cm³/mol. The third kappa shape index (κ3) is 3.39. The van der Waals surface area contributed by atoms with Crippen LogP contribution in [0.15, 0.2) is 58.0 Å². The number of nitrogens with zero attached hydrogens (tertiary/aromatic N) is 2. The number of aryl methyl sites for hydroxylation is 2. The van der Waals surface area contributed by atoms with Crippen molar-refractivity contribution in [3.05, 3.63) is 105 Å². The van der Waals surface area contributed by atoms with Crippen molar-refractivity contribution in [1.29, 1.82) is 0 Å². The molecule has 0 bridgehead atoms. The van der Waals surface area contributed by atoms with E-state index in [1.807, 2.05) is 0 Å². The summed E-state index contributed by atoms with van der Waals surface area (Å²) in [7, 11) is 0. The van der Waals surface area contributed by atoms with Crippen molar-refractivity contribution in [2.24, 2.45) is 0 Å². The molecule has 0 aliphatic heterocycles. The number of aliphatic hydroxyl groups is 1. The lowest BCUT2D eigenvalue weighted by atomic mass is 9.81. The van der Waals surface area contributed by atoms with Gasteiger partial charge in [0.2, 0.25) is 0 Å². The van der Waals surface area contributed by atoms with E-state index in [-0.39, 0.29) is 22.3 Å². The molecular formula is C24H17F3N4O3. The topological polar surface area (TPSA) is 108 Å². The molecule has 1 unspecified atom stereocenters. The summed E-state index contributed by atoms with van der Waals surface area (Å²) >= 11 is 0. The maximum absolute atomic E-state index is 14.3. The average molecular weight is 466 g/mol. The largest absolute Gasteiger partial charge is 0.374 e. The molecule has 0 amide bonds. The summed E-state index contributed by atoms with van der Waals surface area (Å²) in [6.07, 6.45) is 0.880. The maximum Gasteiger partial charge on any atom is 0.323 e. The number of H-pyrrole nitrogens is 2. The van der Waals surface area contributed by atoms with Crippen molar-refractivity contribution < 1.29 is 22.8 Å². The van der Waals surface area contributed by atoms with Crippen LogP contribution in [-0.4, -0.2) is 25.2 Å². The van der Waals surface area contributed by atoms with Crippen LogP contribution in [0.1, 0.15) is 28.3 Å². The second-order valence-corrected chi connectivity index (χ2v) is 7.95. The van der Waals surface area contributed by atoms with Crippen LogP contribution in [0.4, 0.5) is 13.2 Å². The Morgan fingerprint density at radius 3 is 2.32 bits per heavy atom. The molecule has 1 atom stereocenters. The minimum absolute atomic E-state index is 0.0578. The highest BCUT2D eigenvalue weighted by molar-refractivity contribution is 5.87. The van der Waals surface area contributed by atoms with Gasteiger partial charge in [-0.25, -0.2) is 18.0 Å². The van der Waals surface area contributed by atoms with Gasteiger partial charge in [0.25, 0.3) is 0 Å². The van der Waals surface area contributed by atoms with Gasteiger partial charge in [-0.3, -0.25) is 4.98 Å². The SMILES string of the molecule is Cc1noc(C)c1-c1cc(C(O)(c2cc(F)cc(F)c2)c2ccc(F)cn2)c2[nH]c(=O)[nH]c2c1. The van der Waals surface area contributed by atoms with Crippen molar-refractivity contribution in [2.45, 2.75) is 19.4 Å². The summed E-state index contributed by atoms with van der Waals surface area (Å²) in [5.74, 6) is -2.05. The fraction of sp³-hybridized carbons (Fsp3) is 0.125. The van der Waals surface area contributed by atoms with Gasteiger partial charge in [-0.2, -0.15) is 0 Å². The number of halogens is 3. The van der Waals surface area contributed by atoms with Crippen LogP contribution in [0.25, 0.3) is 22.2 Å². The molecule has 5 rings (SSSR count). The van der Waals surface area contributed by atoms with E-state index < -0.39 is 28.7 Å². The summed E-state index contributed by atoms with van der Waals surface area (Å²) in [4.78, 5) is 21.5. The van der Waals surface area contributed by atoms with Gasteiger partial charge in [-0.1, -0.05) is 5.16 Å². The molecule has 0 spiro atoms. The molecule has 0 saturated carbocycles. The Kier molecular flexibility index (Phi) is 4.90. The molecule has 2 aromatic carbocycles. The van der Waals surface area contributed by atoms with Gasteiger partial charge < -0.3 is 19.6 Å². The van der Waals surface area contributed by atoms with Crippen molar-refractivity contribution in [3.63, 3.8) is 0 Å². The second-order valence-electron chi connectivity index (χ2n) is 7.95. The highest BCUT2D eigenvalue weighted by Crippen LogP contribution is 2.41. The number of hydrogen-bond acceptors (Lipinski definition) is 5. The van der Waals surface area contributed by atoms with E-state index in [0.29, 0.717) is 34.2 Å². The number of pyridine rings is 1. The van der Waals surface area contributed by atoms with Crippen LogP contribution in [0.5, 0.6) is 0 Å². The molecule has 0 aliphatic rings. The Hall–Kier alpha value is -4.18. The van der Waals surface area contributed by atoms with Crippen molar-refractivity contribution in [3.8, 4) is 11.1 Å². The van der Waals surface area contributed by atoms with Crippen LogP contribution in [0.2, 0.25) is 0 Å². The average Bonchev–Trinajstić information content (AvgIpc) is 3.32. The van der Waals surface area contributed by atoms with E-state index in [2.05, 4.69) is 20.1 Å². The van der Waals surface area contributed by atoms with Crippen LogP contribution < -0.4 is 5.69 Å². The number of fused-ring (bicyclic) bond motifs is 1. The predicted octanol–water partition coefficient (Wildman–Crippen LogP) is 4.22. The van der Waals surface area contributed by atoms with Gasteiger partial charge >= 0.3 is 5.69 Å². The van der Waals surface area contributed by atoms with Crippen LogP contribution >= 0.6 is 0 Å². The number of imidazole rings is 1. The lowest BCUT2D eigenvalue weighted by Crippen LogP contribution is -2.31. The fourth-order valence-corrected chi connectivity index (χ4v) is 4.26. The Balaban J connectivity index is 1.91. The Morgan fingerprint density at radius 1 is 0.971 bits per heavy atom. The third-order valence-corrected chi connectivity index (χ3v) is 5.72.